The maximum atomic E-state index is 14.0. The Morgan fingerprint density at radius 3 is 2.34 bits per heavy atom. The fraction of sp³-hybridized carbons (Fsp3) is 0.375. The highest BCUT2D eigenvalue weighted by Crippen LogP contribution is 2.70. The Bertz CT molecular complexity index is 1450. The Balaban J connectivity index is 1.67. The fourth-order valence-electron chi connectivity index (χ4n) is 5.83. The molecular formula is C24H23N5O6. The van der Waals surface area contributed by atoms with Crippen molar-refractivity contribution in [1.82, 2.24) is 9.97 Å². The lowest BCUT2D eigenvalue weighted by Gasteiger charge is -2.39. The molecule has 0 spiro atoms. The van der Waals surface area contributed by atoms with Crippen molar-refractivity contribution >= 4 is 34.0 Å². The number of nitrogens with zero attached hydrogens (tertiary/aromatic N) is 4. The number of nitro groups is 2. The van der Waals surface area contributed by atoms with Crippen molar-refractivity contribution in [2.24, 2.45) is 5.41 Å². The number of ether oxygens (including phenoxy) is 1. The van der Waals surface area contributed by atoms with E-state index in [1.807, 2.05) is 13.8 Å². The second kappa shape index (κ2) is 7.17. The van der Waals surface area contributed by atoms with Gasteiger partial charge in [0.2, 0.25) is 5.91 Å². The Kier molecular flexibility index (Phi) is 4.64. The quantitative estimate of drug-likeness (QED) is 0.419. The third-order valence-electron chi connectivity index (χ3n) is 8.27. The number of fused-ring (bicyclic) bond motifs is 6. The van der Waals surface area contributed by atoms with Gasteiger partial charge in [-0.15, -0.1) is 0 Å². The van der Waals surface area contributed by atoms with Crippen molar-refractivity contribution in [3.05, 3.63) is 68.0 Å². The first-order chi connectivity index (χ1) is 16.5. The summed E-state index contributed by atoms with van der Waals surface area (Å²) in [6.45, 7) is 6.02. The highest BCUT2D eigenvalue weighted by atomic mass is 16.6. The van der Waals surface area contributed by atoms with E-state index in [1.54, 1.807) is 12.1 Å². The highest BCUT2D eigenvalue weighted by Gasteiger charge is 2.73. The van der Waals surface area contributed by atoms with Gasteiger partial charge in [-0.05, 0) is 36.5 Å². The summed E-state index contributed by atoms with van der Waals surface area (Å²) in [6, 6.07) is 8.54. The molecule has 2 aliphatic rings. The van der Waals surface area contributed by atoms with Gasteiger partial charge in [-0.3, -0.25) is 25.0 Å². The first-order valence-corrected chi connectivity index (χ1v) is 11.1. The Hall–Kier alpha value is -4.15. The lowest BCUT2D eigenvalue weighted by Crippen LogP contribution is -2.48. The van der Waals surface area contributed by atoms with Gasteiger partial charge in [0, 0.05) is 17.5 Å². The number of carbonyl (C=O) groups is 1. The zero-order chi connectivity index (χ0) is 25.3. The molecule has 1 saturated carbocycles. The van der Waals surface area contributed by atoms with Crippen molar-refractivity contribution in [2.75, 3.05) is 12.4 Å². The summed E-state index contributed by atoms with van der Waals surface area (Å²) in [4.78, 5) is 45.5. The van der Waals surface area contributed by atoms with Gasteiger partial charge in [0.25, 0.3) is 11.4 Å². The summed E-state index contributed by atoms with van der Waals surface area (Å²) in [7, 11) is 1.40. The number of carbonyl (C=O) groups excluding carboxylic acids is 1. The van der Waals surface area contributed by atoms with Gasteiger partial charge in [-0.2, -0.15) is 0 Å². The standard InChI is InChI=1S/C24H23N5O6/c1-22(2)23(3)9-10-24(22,21(30)27-16-8-6-14(35-4)12-18(16)29(33)34)20-19(23)25-15-7-5-13(28(31)32)11-17(15)26-20/h5-8,11-12H,9-10H2,1-4H3,(H,27,30). The number of hydrogen-bond acceptors (Lipinski definition) is 8. The Morgan fingerprint density at radius 1 is 0.971 bits per heavy atom. The van der Waals surface area contributed by atoms with E-state index in [1.165, 1.54) is 31.4 Å². The molecule has 2 aliphatic carbocycles. The number of nitro benzene ring substituents is 2. The molecule has 2 unspecified atom stereocenters. The van der Waals surface area contributed by atoms with E-state index in [2.05, 4.69) is 12.2 Å². The molecule has 1 N–H and O–H groups in total. The number of non-ortho nitro benzene ring substituents is 1. The number of benzene rings is 2. The van der Waals surface area contributed by atoms with E-state index < -0.39 is 32.0 Å². The number of methoxy groups -OCH3 is 1. The summed E-state index contributed by atoms with van der Waals surface area (Å²) < 4.78 is 5.09. The Labute approximate surface area is 199 Å². The van der Waals surface area contributed by atoms with Crippen LogP contribution in [0.15, 0.2) is 36.4 Å². The number of aromatic nitrogens is 2. The summed E-state index contributed by atoms with van der Waals surface area (Å²) in [5.41, 5.74) is -0.585. The molecule has 1 aromatic heterocycles. The average molecular weight is 477 g/mol. The number of rotatable bonds is 5. The van der Waals surface area contributed by atoms with Crippen LogP contribution in [0, 0.1) is 25.6 Å². The molecule has 1 heterocycles. The predicted octanol–water partition coefficient (Wildman–Crippen LogP) is 4.42. The number of nitrogens with one attached hydrogen (secondary N) is 1. The first-order valence-electron chi connectivity index (χ1n) is 11.1. The second-order valence-electron chi connectivity index (χ2n) is 9.81. The van der Waals surface area contributed by atoms with Gasteiger partial charge < -0.3 is 10.1 Å². The summed E-state index contributed by atoms with van der Waals surface area (Å²) in [5.74, 6) is -0.121. The number of anilines is 1. The van der Waals surface area contributed by atoms with Gasteiger partial charge in [0.15, 0.2) is 0 Å². The molecule has 1 fully saturated rings. The molecule has 0 saturated heterocycles. The molecule has 0 radical (unpaired) electrons. The van der Waals surface area contributed by atoms with Gasteiger partial charge in [0.05, 0.1) is 50.9 Å². The maximum Gasteiger partial charge on any atom is 0.296 e. The number of amides is 1. The third-order valence-corrected chi connectivity index (χ3v) is 8.27. The second-order valence-corrected chi connectivity index (χ2v) is 9.81. The first kappa shape index (κ1) is 22.6. The molecule has 2 aromatic carbocycles. The van der Waals surface area contributed by atoms with Crippen molar-refractivity contribution in [3.63, 3.8) is 0 Å². The molecule has 1 amide bonds. The third kappa shape index (κ3) is 2.81. The minimum absolute atomic E-state index is 0.0532. The van der Waals surface area contributed by atoms with Gasteiger partial charge in [-0.1, -0.05) is 20.8 Å². The zero-order valence-corrected chi connectivity index (χ0v) is 19.6. The van der Waals surface area contributed by atoms with E-state index in [0.717, 1.165) is 0 Å². The van der Waals surface area contributed by atoms with Crippen LogP contribution in [-0.2, 0) is 15.6 Å². The summed E-state index contributed by atoms with van der Waals surface area (Å²) in [5, 5.41) is 25.8. The Morgan fingerprint density at radius 2 is 1.69 bits per heavy atom. The summed E-state index contributed by atoms with van der Waals surface area (Å²) in [6.07, 6.45) is 1.15. The minimum Gasteiger partial charge on any atom is -0.496 e. The SMILES string of the molecule is COc1ccc(NC(=O)C23CCC(C)(c4nc5ccc([N+](=O)[O-])cc5nc42)C3(C)C)c([N+](=O)[O-])c1. The maximum absolute atomic E-state index is 14.0. The molecular weight excluding hydrogens is 454 g/mol. The zero-order valence-electron chi connectivity index (χ0n) is 19.6. The molecule has 11 heteroatoms. The van der Waals surface area contributed by atoms with E-state index in [4.69, 9.17) is 14.7 Å². The van der Waals surface area contributed by atoms with Crippen LogP contribution in [0.5, 0.6) is 5.75 Å². The van der Waals surface area contributed by atoms with Crippen LogP contribution < -0.4 is 10.1 Å². The smallest absolute Gasteiger partial charge is 0.296 e. The van der Waals surface area contributed by atoms with Gasteiger partial charge >= 0.3 is 0 Å². The topological polar surface area (TPSA) is 150 Å². The molecule has 2 bridgehead atoms. The molecule has 0 aliphatic heterocycles. The minimum atomic E-state index is -1.13. The van der Waals surface area contributed by atoms with Crippen LogP contribution in [0.4, 0.5) is 17.1 Å². The van der Waals surface area contributed by atoms with E-state index in [-0.39, 0.29) is 17.1 Å². The van der Waals surface area contributed by atoms with Crippen LogP contribution >= 0.6 is 0 Å². The molecule has 35 heavy (non-hydrogen) atoms. The van der Waals surface area contributed by atoms with Gasteiger partial charge in [0.1, 0.15) is 11.4 Å². The van der Waals surface area contributed by atoms with Crippen LogP contribution in [0.2, 0.25) is 0 Å². The van der Waals surface area contributed by atoms with Crippen LogP contribution in [0.3, 0.4) is 0 Å². The lowest BCUT2D eigenvalue weighted by atomic mass is 9.63. The van der Waals surface area contributed by atoms with Crippen molar-refractivity contribution in [2.45, 2.75) is 44.4 Å². The largest absolute Gasteiger partial charge is 0.496 e. The predicted molar refractivity (Wildman–Crippen MR) is 127 cm³/mol. The lowest BCUT2D eigenvalue weighted by molar-refractivity contribution is -0.384. The fourth-order valence-corrected chi connectivity index (χ4v) is 5.83. The molecule has 3 aromatic rings. The molecule has 2 atom stereocenters. The summed E-state index contributed by atoms with van der Waals surface area (Å²) >= 11 is 0. The van der Waals surface area contributed by atoms with Crippen molar-refractivity contribution < 1.29 is 19.4 Å². The van der Waals surface area contributed by atoms with E-state index in [0.29, 0.717) is 41.0 Å². The van der Waals surface area contributed by atoms with Crippen LogP contribution in [0.25, 0.3) is 11.0 Å². The van der Waals surface area contributed by atoms with Crippen LogP contribution in [0.1, 0.15) is 45.0 Å². The molecule has 180 valence electrons. The molecule has 5 rings (SSSR count). The normalized spacial score (nSPS) is 23.7. The number of hydrogen-bond donors (Lipinski definition) is 1. The molecule has 11 nitrogen and oxygen atoms in total. The van der Waals surface area contributed by atoms with E-state index in [9.17, 15) is 25.0 Å². The average Bonchev–Trinajstić information content (AvgIpc) is 3.12. The van der Waals surface area contributed by atoms with Crippen molar-refractivity contribution in [3.8, 4) is 5.75 Å². The van der Waals surface area contributed by atoms with Crippen molar-refractivity contribution in [1.29, 1.82) is 0 Å². The van der Waals surface area contributed by atoms with Gasteiger partial charge in [-0.25, -0.2) is 9.97 Å². The highest BCUT2D eigenvalue weighted by molar-refractivity contribution is 6.03. The monoisotopic (exact) mass is 477 g/mol. The van der Waals surface area contributed by atoms with Crippen LogP contribution in [-0.4, -0.2) is 32.8 Å². The van der Waals surface area contributed by atoms with E-state index >= 15 is 0 Å².